The standard InChI is InChI=1S/C21H13BrN4O/c22-12-9-10-16-14(11-12)21(20(27)24-16)25-15-6-2-1-5-13(15)19-23-17-7-3-4-8-18(17)26(19)21/h1-11,25H,(H,24,27). The zero-order valence-electron chi connectivity index (χ0n) is 14.0. The van der Waals surface area contributed by atoms with Crippen LogP contribution in [0.15, 0.2) is 71.2 Å². The average Bonchev–Trinajstić information content (AvgIpc) is 3.20. The number of hydrogen-bond donors (Lipinski definition) is 2. The number of nitrogens with zero attached hydrogens (tertiary/aromatic N) is 2. The Labute approximate surface area is 163 Å². The Bertz CT molecular complexity index is 1280. The summed E-state index contributed by atoms with van der Waals surface area (Å²) < 4.78 is 2.95. The number of carbonyl (C=O) groups excluding carboxylic acids is 1. The molecular formula is C21H13BrN4O. The van der Waals surface area contributed by atoms with Crippen molar-refractivity contribution in [2.45, 2.75) is 5.66 Å². The van der Waals surface area contributed by atoms with E-state index in [9.17, 15) is 4.79 Å². The van der Waals surface area contributed by atoms with E-state index in [4.69, 9.17) is 4.98 Å². The van der Waals surface area contributed by atoms with Crippen LogP contribution in [-0.4, -0.2) is 15.5 Å². The van der Waals surface area contributed by atoms with Crippen LogP contribution < -0.4 is 10.6 Å². The van der Waals surface area contributed by atoms with Gasteiger partial charge in [0.15, 0.2) is 0 Å². The van der Waals surface area contributed by atoms with Gasteiger partial charge in [0.25, 0.3) is 5.91 Å². The molecule has 2 N–H and O–H groups in total. The third-order valence-electron chi connectivity index (χ3n) is 5.33. The number of para-hydroxylation sites is 3. The highest BCUT2D eigenvalue weighted by molar-refractivity contribution is 9.10. The van der Waals surface area contributed by atoms with Gasteiger partial charge in [-0.05, 0) is 42.5 Å². The van der Waals surface area contributed by atoms with Gasteiger partial charge in [0, 0.05) is 27.0 Å². The van der Waals surface area contributed by atoms with Crippen LogP contribution in [0, 0.1) is 0 Å². The second kappa shape index (κ2) is 4.98. The highest BCUT2D eigenvalue weighted by Crippen LogP contribution is 2.49. The molecule has 0 radical (unpaired) electrons. The number of halogens is 1. The zero-order valence-corrected chi connectivity index (χ0v) is 15.6. The van der Waals surface area contributed by atoms with Crippen molar-refractivity contribution in [2.75, 3.05) is 10.6 Å². The number of imidazole rings is 1. The maximum absolute atomic E-state index is 13.4. The van der Waals surface area contributed by atoms with Crippen LogP contribution in [0.4, 0.5) is 11.4 Å². The van der Waals surface area contributed by atoms with Gasteiger partial charge in [-0.3, -0.25) is 9.36 Å². The average molecular weight is 417 g/mol. The van der Waals surface area contributed by atoms with E-state index in [-0.39, 0.29) is 5.91 Å². The fraction of sp³-hybridized carbons (Fsp3) is 0.0476. The predicted octanol–water partition coefficient (Wildman–Crippen LogP) is 4.54. The van der Waals surface area contributed by atoms with Gasteiger partial charge < -0.3 is 10.6 Å². The summed E-state index contributed by atoms with van der Waals surface area (Å²) in [4.78, 5) is 18.3. The Hall–Kier alpha value is -3.12. The summed E-state index contributed by atoms with van der Waals surface area (Å²) in [6.07, 6.45) is 0. The van der Waals surface area contributed by atoms with Crippen molar-refractivity contribution in [3.63, 3.8) is 0 Å². The van der Waals surface area contributed by atoms with Crippen LogP contribution in [-0.2, 0) is 10.5 Å². The summed E-state index contributed by atoms with van der Waals surface area (Å²) >= 11 is 3.56. The van der Waals surface area contributed by atoms with Gasteiger partial charge in [-0.15, -0.1) is 0 Å². The van der Waals surface area contributed by atoms with Crippen LogP contribution in [0.1, 0.15) is 5.56 Å². The lowest BCUT2D eigenvalue weighted by Crippen LogP contribution is -2.50. The molecule has 1 unspecified atom stereocenters. The summed E-state index contributed by atoms with van der Waals surface area (Å²) in [6.45, 7) is 0. The molecule has 3 aromatic carbocycles. The van der Waals surface area contributed by atoms with Crippen molar-refractivity contribution in [3.05, 3.63) is 76.8 Å². The zero-order chi connectivity index (χ0) is 18.2. The molecule has 5 nitrogen and oxygen atoms in total. The van der Waals surface area contributed by atoms with E-state index in [1.165, 1.54) is 0 Å². The second-order valence-electron chi connectivity index (χ2n) is 6.78. The normalized spacial score (nSPS) is 19.4. The largest absolute Gasteiger partial charge is 0.350 e. The number of aromatic nitrogens is 2. The smallest absolute Gasteiger partial charge is 0.276 e. The minimum atomic E-state index is -1.08. The molecule has 4 aromatic rings. The van der Waals surface area contributed by atoms with Gasteiger partial charge in [-0.2, -0.15) is 0 Å². The molecule has 0 bridgehead atoms. The van der Waals surface area contributed by atoms with E-state index in [2.05, 4.69) is 26.6 Å². The molecule has 1 atom stereocenters. The number of carbonyl (C=O) groups is 1. The molecule has 130 valence electrons. The first-order valence-electron chi connectivity index (χ1n) is 8.65. The van der Waals surface area contributed by atoms with Crippen LogP contribution in [0.5, 0.6) is 0 Å². The first-order chi connectivity index (χ1) is 13.2. The molecule has 2 aliphatic heterocycles. The Morgan fingerprint density at radius 2 is 1.78 bits per heavy atom. The van der Waals surface area contributed by atoms with Crippen molar-refractivity contribution in [3.8, 4) is 11.4 Å². The van der Waals surface area contributed by atoms with Gasteiger partial charge in [-0.25, -0.2) is 4.98 Å². The molecule has 27 heavy (non-hydrogen) atoms. The van der Waals surface area contributed by atoms with Crippen molar-refractivity contribution < 1.29 is 4.79 Å². The molecule has 1 spiro atoms. The lowest BCUT2D eigenvalue weighted by Gasteiger charge is -2.37. The molecule has 6 rings (SSSR count). The third kappa shape index (κ3) is 1.78. The second-order valence-corrected chi connectivity index (χ2v) is 7.70. The van der Waals surface area contributed by atoms with Crippen molar-refractivity contribution >= 4 is 44.2 Å². The highest BCUT2D eigenvalue weighted by atomic mass is 79.9. The first kappa shape index (κ1) is 15.0. The van der Waals surface area contributed by atoms with E-state index in [1.807, 2.05) is 71.3 Å². The van der Waals surface area contributed by atoms with E-state index < -0.39 is 5.66 Å². The number of fused-ring (bicyclic) bond motifs is 8. The van der Waals surface area contributed by atoms with E-state index in [0.717, 1.165) is 43.8 Å². The summed E-state index contributed by atoms with van der Waals surface area (Å²) in [5.41, 5.74) is 4.25. The molecule has 0 saturated carbocycles. The monoisotopic (exact) mass is 416 g/mol. The van der Waals surface area contributed by atoms with Crippen LogP contribution in [0.3, 0.4) is 0 Å². The van der Waals surface area contributed by atoms with E-state index >= 15 is 0 Å². The Morgan fingerprint density at radius 1 is 0.963 bits per heavy atom. The number of amides is 1. The minimum absolute atomic E-state index is 0.116. The van der Waals surface area contributed by atoms with Gasteiger partial charge in [0.05, 0.1) is 11.0 Å². The third-order valence-corrected chi connectivity index (χ3v) is 5.82. The Kier molecular flexibility index (Phi) is 2.77. The van der Waals surface area contributed by atoms with Gasteiger partial charge in [0.1, 0.15) is 5.82 Å². The number of hydrogen-bond acceptors (Lipinski definition) is 3. The number of benzene rings is 3. The Balaban J connectivity index is 1.80. The molecule has 0 saturated heterocycles. The first-order valence-corrected chi connectivity index (χ1v) is 9.45. The topological polar surface area (TPSA) is 59.0 Å². The quantitative estimate of drug-likeness (QED) is 0.442. The fourth-order valence-electron chi connectivity index (χ4n) is 4.19. The number of anilines is 2. The maximum Gasteiger partial charge on any atom is 0.276 e. The minimum Gasteiger partial charge on any atom is -0.350 e. The van der Waals surface area contributed by atoms with Gasteiger partial charge in [-0.1, -0.05) is 40.2 Å². The molecule has 1 amide bonds. The molecule has 3 heterocycles. The SMILES string of the molecule is O=C1Nc2ccc(Br)cc2C12Nc1ccccc1-c1nc3ccccc3n12. The van der Waals surface area contributed by atoms with Crippen LogP contribution >= 0.6 is 15.9 Å². The van der Waals surface area contributed by atoms with Gasteiger partial charge in [0.2, 0.25) is 5.66 Å². The number of rotatable bonds is 0. The molecule has 1 aromatic heterocycles. The van der Waals surface area contributed by atoms with Crippen LogP contribution in [0.2, 0.25) is 0 Å². The number of nitrogens with one attached hydrogen (secondary N) is 2. The highest BCUT2D eigenvalue weighted by Gasteiger charge is 2.53. The van der Waals surface area contributed by atoms with E-state index in [1.54, 1.807) is 0 Å². The van der Waals surface area contributed by atoms with E-state index in [0.29, 0.717) is 0 Å². The lowest BCUT2D eigenvalue weighted by atomic mass is 9.95. The summed E-state index contributed by atoms with van der Waals surface area (Å²) in [5, 5.41) is 6.57. The van der Waals surface area contributed by atoms with Gasteiger partial charge >= 0.3 is 0 Å². The summed E-state index contributed by atoms with van der Waals surface area (Å²) in [6, 6.07) is 21.7. The maximum atomic E-state index is 13.4. The molecule has 2 aliphatic rings. The molecule has 0 fully saturated rings. The van der Waals surface area contributed by atoms with Crippen molar-refractivity contribution in [1.82, 2.24) is 9.55 Å². The van der Waals surface area contributed by atoms with Crippen molar-refractivity contribution in [1.29, 1.82) is 0 Å². The summed E-state index contributed by atoms with van der Waals surface area (Å²) in [7, 11) is 0. The lowest BCUT2D eigenvalue weighted by molar-refractivity contribution is -0.120. The molecule has 6 heteroatoms. The van der Waals surface area contributed by atoms with Crippen molar-refractivity contribution in [2.24, 2.45) is 0 Å². The fourth-order valence-corrected chi connectivity index (χ4v) is 4.55. The predicted molar refractivity (Wildman–Crippen MR) is 109 cm³/mol. The molecule has 0 aliphatic carbocycles. The van der Waals surface area contributed by atoms with Crippen LogP contribution in [0.25, 0.3) is 22.4 Å². The molecular weight excluding hydrogens is 404 g/mol. The Morgan fingerprint density at radius 3 is 2.70 bits per heavy atom. The summed E-state index contributed by atoms with van der Waals surface area (Å²) in [5.74, 6) is 0.669.